The van der Waals surface area contributed by atoms with Gasteiger partial charge in [-0.25, -0.2) is 4.98 Å². The zero-order chi connectivity index (χ0) is 13.9. The van der Waals surface area contributed by atoms with Crippen LogP contribution in [0.3, 0.4) is 0 Å². The number of rotatable bonds is 4. The molecule has 7 heteroatoms. The van der Waals surface area contributed by atoms with Gasteiger partial charge in [0.2, 0.25) is 5.89 Å². The number of para-hydroxylation sites is 1. The van der Waals surface area contributed by atoms with E-state index in [9.17, 15) is 4.79 Å². The normalized spacial score (nSPS) is 11.1. The summed E-state index contributed by atoms with van der Waals surface area (Å²) in [7, 11) is 0. The smallest absolute Gasteiger partial charge is 0.261 e. The summed E-state index contributed by atoms with van der Waals surface area (Å²) in [5, 5.41) is 4.43. The SMILES string of the molecule is CSCc1noc(Cn2cnc3ccccc3c2=O)n1. The first-order chi connectivity index (χ1) is 9.78. The first-order valence-electron chi connectivity index (χ1n) is 6.02. The van der Waals surface area contributed by atoms with Gasteiger partial charge in [0.05, 0.1) is 23.0 Å². The summed E-state index contributed by atoms with van der Waals surface area (Å²) in [6.45, 7) is 0.234. The maximum Gasteiger partial charge on any atom is 0.261 e. The summed E-state index contributed by atoms with van der Waals surface area (Å²) in [6, 6.07) is 7.24. The van der Waals surface area contributed by atoms with Crippen molar-refractivity contribution in [3.8, 4) is 0 Å². The second-order valence-corrected chi connectivity index (χ2v) is 5.10. The van der Waals surface area contributed by atoms with Crippen molar-refractivity contribution in [1.82, 2.24) is 19.7 Å². The minimum atomic E-state index is -0.111. The Hall–Kier alpha value is -2.15. The number of hydrogen-bond donors (Lipinski definition) is 0. The van der Waals surface area contributed by atoms with Crippen molar-refractivity contribution in [2.45, 2.75) is 12.3 Å². The third-order valence-corrected chi connectivity index (χ3v) is 3.37. The van der Waals surface area contributed by atoms with Crippen LogP contribution in [0.2, 0.25) is 0 Å². The van der Waals surface area contributed by atoms with Crippen LogP contribution < -0.4 is 5.56 Å². The van der Waals surface area contributed by atoms with Crippen LogP contribution in [0.25, 0.3) is 10.9 Å². The van der Waals surface area contributed by atoms with E-state index in [1.807, 2.05) is 24.5 Å². The molecule has 0 aliphatic carbocycles. The highest BCUT2D eigenvalue weighted by Gasteiger charge is 2.09. The van der Waals surface area contributed by atoms with Gasteiger partial charge in [0.15, 0.2) is 5.82 Å². The number of thioether (sulfide) groups is 1. The van der Waals surface area contributed by atoms with Crippen LogP contribution in [0.5, 0.6) is 0 Å². The van der Waals surface area contributed by atoms with Crippen LogP contribution in [0.4, 0.5) is 0 Å². The van der Waals surface area contributed by atoms with Gasteiger partial charge in [-0.3, -0.25) is 9.36 Å². The maximum atomic E-state index is 12.3. The molecule has 20 heavy (non-hydrogen) atoms. The van der Waals surface area contributed by atoms with Gasteiger partial charge in [-0.1, -0.05) is 17.3 Å². The minimum Gasteiger partial charge on any atom is -0.337 e. The lowest BCUT2D eigenvalue weighted by atomic mass is 10.2. The number of aromatic nitrogens is 4. The first kappa shape index (κ1) is 12.9. The lowest BCUT2D eigenvalue weighted by molar-refractivity contribution is 0.366. The van der Waals surface area contributed by atoms with E-state index in [2.05, 4.69) is 15.1 Å². The van der Waals surface area contributed by atoms with E-state index in [1.165, 1.54) is 10.9 Å². The Kier molecular flexibility index (Phi) is 3.51. The van der Waals surface area contributed by atoms with Crippen LogP contribution in [0.1, 0.15) is 11.7 Å². The molecule has 0 unspecified atom stereocenters. The molecule has 3 aromatic rings. The Balaban J connectivity index is 1.94. The Bertz CT molecular complexity index is 796. The quantitative estimate of drug-likeness (QED) is 0.727. The molecule has 6 nitrogen and oxygen atoms in total. The summed E-state index contributed by atoms with van der Waals surface area (Å²) >= 11 is 1.61. The van der Waals surface area contributed by atoms with Gasteiger partial charge in [0.1, 0.15) is 6.54 Å². The molecule has 0 radical (unpaired) electrons. The Morgan fingerprint density at radius 2 is 2.20 bits per heavy atom. The summed E-state index contributed by atoms with van der Waals surface area (Å²) in [5.41, 5.74) is 0.572. The molecule has 0 bridgehead atoms. The molecule has 0 spiro atoms. The molecule has 0 fully saturated rings. The van der Waals surface area contributed by atoms with E-state index in [-0.39, 0.29) is 12.1 Å². The van der Waals surface area contributed by atoms with E-state index >= 15 is 0 Å². The molecule has 0 aliphatic heterocycles. The number of fused-ring (bicyclic) bond motifs is 1. The largest absolute Gasteiger partial charge is 0.337 e. The number of benzene rings is 1. The summed E-state index contributed by atoms with van der Waals surface area (Å²) in [6.07, 6.45) is 3.47. The molecule has 1 aromatic carbocycles. The molecule has 0 atom stereocenters. The van der Waals surface area contributed by atoms with E-state index in [1.54, 1.807) is 17.8 Å². The van der Waals surface area contributed by atoms with Crippen molar-refractivity contribution in [2.24, 2.45) is 0 Å². The molecule has 3 rings (SSSR count). The van der Waals surface area contributed by atoms with Crippen molar-refractivity contribution in [1.29, 1.82) is 0 Å². The van der Waals surface area contributed by atoms with Gasteiger partial charge in [-0.2, -0.15) is 16.7 Å². The molecule has 2 heterocycles. The third-order valence-electron chi connectivity index (χ3n) is 2.82. The summed E-state index contributed by atoms with van der Waals surface area (Å²) in [4.78, 5) is 20.8. The fourth-order valence-electron chi connectivity index (χ4n) is 1.91. The molecule has 0 amide bonds. The lowest BCUT2D eigenvalue weighted by Crippen LogP contribution is -2.21. The van der Waals surface area contributed by atoms with Crippen molar-refractivity contribution < 1.29 is 4.52 Å². The minimum absolute atomic E-state index is 0.111. The van der Waals surface area contributed by atoms with E-state index in [0.29, 0.717) is 28.4 Å². The first-order valence-corrected chi connectivity index (χ1v) is 7.42. The molecular formula is C13H12N4O2S. The summed E-state index contributed by atoms with van der Waals surface area (Å²) < 4.78 is 6.60. The van der Waals surface area contributed by atoms with Crippen molar-refractivity contribution in [3.05, 3.63) is 52.7 Å². The predicted molar refractivity (Wildman–Crippen MR) is 76.6 cm³/mol. The predicted octanol–water partition coefficient (Wildman–Crippen LogP) is 1.69. The van der Waals surface area contributed by atoms with E-state index < -0.39 is 0 Å². The molecule has 0 aliphatic rings. The fourth-order valence-corrected chi connectivity index (χ4v) is 2.28. The Morgan fingerprint density at radius 1 is 1.35 bits per heavy atom. The van der Waals surface area contributed by atoms with Crippen molar-refractivity contribution >= 4 is 22.7 Å². The zero-order valence-electron chi connectivity index (χ0n) is 10.8. The van der Waals surface area contributed by atoms with Crippen LogP contribution in [0, 0.1) is 0 Å². The van der Waals surface area contributed by atoms with Gasteiger partial charge in [0.25, 0.3) is 5.56 Å². The van der Waals surface area contributed by atoms with Gasteiger partial charge >= 0.3 is 0 Å². The highest BCUT2D eigenvalue weighted by molar-refractivity contribution is 7.97. The van der Waals surface area contributed by atoms with Gasteiger partial charge in [-0.05, 0) is 18.4 Å². The molecule has 0 N–H and O–H groups in total. The fraction of sp³-hybridized carbons (Fsp3) is 0.231. The van der Waals surface area contributed by atoms with Crippen molar-refractivity contribution in [2.75, 3.05) is 6.26 Å². The average molecular weight is 288 g/mol. The second kappa shape index (κ2) is 5.46. The lowest BCUT2D eigenvalue weighted by Gasteiger charge is -2.02. The standard InChI is InChI=1S/C13H12N4O2S/c1-20-7-11-15-12(19-16-11)6-17-8-14-10-5-3-2-4-9(10)13(17)18/h2-5,8H,6-7H2,1H3. The van der Waals surface area contributed by atoms with Gasteiger partial charge < -0.3 is 4.52 Å². The Labute approximate surface area is 118 Å². The van der Waals surface area contributed by atoms with Gasteiger partial charge in [-0.15, -0.1) is 0 Å². The van der Waals surface area contributed by atoms with Crippen LogP contribution in [-0.4, -0.2) is 25.9 Å². The molecule has 102 valence electrons. The third kappa shape index (κ3) is 2.44. The highest BCUT2D eigenvalue weighted by Crippen LogP contribution is 2.08. The van der Waals surface area contributed by atoms with Crippen molar-refractivity contribution in [3.63, 3.8) is 0 Å². The maximum absolute atomic E-state index is 12.3. The van der Waals surface area contributed by atoms with Gasteiger partial charge in [0, 0.05) is 0 Å². The van der Waals surface area contributed by atoms with E-state index in [0.717, 1.165) is 0 Å². The second-order valence-electron chi connectivity index (χ2n) is 4.23. The molecule has 0 saturated carbocycles. The average Bonchev–Trinajstić information content (AvgIpc) is 2.90. The monoisotopic (exact) mass is 288 g/mol. The van der Waals surface area contributed by atoms with E-state index in [4.69, 9.17) is 4.52 Å². The Morgan fingerprint density at radius 3 is 3.05 bits per heavy atom. The molecule has 0 saturated heterocycles. The topological polar surface area (TPSA) is 73.8 Å². The molecule has 2 aromatic heterocycles. The summed E-state index contributed by atoms with van der Waals surface area (Å²) in [5.74, 6) is 1.73. The highest BCUT2D eigenvalue weighted by atomic mass is 32.2. The zero-order valence-corrected chi connectivity index (χ0v) is 11.6. The molecular weight excluding hydrogens is 276 g/mol. The number of hydrogen-bond acceptors (Lipinski definition) is 6. The number of nitrogens with zero attached hydrogens (tertiary/aromatic N) is 4. The van der Waals surface area contributed by atoms with Crippen LogP contribution in [-0.2, 0) is 12.3 Å². The van der Waals surface area contributed by atoms with Crippen LogP contribution >= 0.6 is 11.8 Å². The van der Waals surface area contributed by atoms with Crippen LogP contribution in [0.15, 0.2) is 39.9 Å².